The Morgan fingerprint density at radius 2 is 1.75 bits per heavy atom. The van der Waals surface area contributed by atoms with Gasteiger partial charge in [-0.3, -0.25) is 4.79 Å². The normalized spacial score (nSPS) is 11.1. The zero-order valence-corrected chi connectivity index (χ0v) is 12.6. The predicted octanol–water partition coefficient (Wildman–Crippen LogP) is 2.15. The van der Waals surface area contributed by atoms with Crippen LogP contribution in [0.5, 0.6) is 0 Å². The summed E-state index contributed by atoms with van der Waals surface area (Å²) in [5.41, 5.74) is 6.14. The molecule has 2 rings (SSSR count). The lowest BCUT2D eigenvalue weighted by Gasteiger charge is -2.07. The first-order valence-corrected chi connectivity index (χ1v) is 7.84. The van der Waals surface area contributed by atoms with Gasteiger partial charge in [-0.2, -0.15) is 0 Å². The first-order chi connectivity index (χ1) is 9.38. The maximum absolute atomic E-state index is 12.0. The quantitative estimate of drug-likeness (QED) is 0.826. The SMILES string of the molecule is Nc1cc(Br)cc(C(=O)NS(=O)(=O)c2ccccc2)c1. The van der Waals surface area contributed by atoms with Crippen LogP contribution in [0.2, 0.25) is 0 Å². The smallest absolute Gasteiger partial charge is 0.265 e. The molecule has 0 radical (unpaired) electrons. The van der Waals surface area contributed by atoms with Crippen LogP contribution in [-0.4, -0.2) is 14.3 Å². The number of hydrogen-bond acceptors (Lipinski definition) is 4. The Morgan fingerprint density at radius 1 is 1.10 bits per heavy atom. The highest BCUT2D eigenvalue weighted by molar-refractivity contribution is 9.10. The fourth-order valence-corrected chi connectivity index (χ4v) is 3.09. The minimum absolute atomic E-state index is 0.0244. The lowest BCUT2D eigenvalue weighted by atomic mass is 10.2. The molecular formula is C13H11BrN2O3S. The van der Waals surface area contributed by atoms with E-state index >= 15 is 0 Å². The van der Waals surface area contributed by atoms with Gasteiger partial charge in [0, 0.05) is 15.7 Å². The maximum Gasteiger partial charge on any atom is 0.265 e. The zero-order chi connectivity index (χ0) is 14.8. The number of carbonyl (C=O) groups excluding carboxylic acids is 1. The van der Waals surface area contributed by atoms with E-state index in [1.165, 1.54) is 24.3 Å². The average Bonchev–Trinajstić information content (AvgIpc) is 2.38. The van der Waals surface area contributed by atoms with Crippen molar-refractivity contribution in [2.75, 3.05) is 5.73 Å². The lowest BCUT2D eigenvalue weighted by molar-refractivity contribution is 0.0981. The summed E-state index contributed by atoms with van der Waals surface area (Å²) < 4.78 is 26.6. The number of anilines is 1. The topological polar surface area (TPSA) is 89.3 Å². The summed E-state index contributed by atoms with van der Waals surface area (Å²) in [5, 5.41) is 0. The fourth-order valence-electron chi connectivity index (χ4n) is 1.58. The number of nitrogens with one attached hydrogen (secondary N) is 1. The van der Waals surface area contributed by atoms with E-state index in [-0.39, 0.29) is 10.5 Å². The zero-order valence-electron chi connectivity index (χ0n) is 10.2. The number of benzene rings is 2. The maximum atomic E-state index is 12.0. The van der Waals surface area contributed by atoms with E-state index in [2.05, 4.69) is 15.9 Å². The Kier molecular flexibility index (Phi) is 4.10. The van der Waals surface area contributed by atoms with Gasteiger partial charge in [-0.15, -0.1) is 0 Å². The van der Waals surface area contributed by atoms with Crippen molar-refractivity contribution in [1.82, 2.24) is 4.72 Å². The molecule has 0 aliphatic carbocycles. The molecule has 0 aromatic heterocycles. The minimum atomic E-state index is -3.89. The van der Waals surface area contributed by atoms with Crippen LogP contribution in [0.1, 0.15) is 10.4 Å². The summed E-state index contributed by atoms with van der Waals surface area (Å²) in [6, 6.07) is 12.2. The van der Waals surface area contributed by atoms with Crippen molar-refractivity contribution in [3.05, 3.63) is 58.6 Å². The molecule has 0 aliphatic rings. The molecule has 0 atom stereocenters. The first-order valence-electron chi connectivity index (χ1n) is 5.57. The first kappa shape index (κ1) is 14.5. The molecule has 0 saturated heterocycles. The Balaban J connectivity index is 2.28. The van der Waals surface area contributed by atoms with Crippen LogP contribution in [-0.2, 0) is 10.0 Å². The average molecular weight is 355 g/mol. The third kappa shape index (κ3) is 3.37. The van der Waals surface area contributed by atoms with Crippen LogP contribution in [0.4, 0.5) is 5.69 Å². The molecule has 2 aromatic carbocycles. The van der Waals surface area contributed by atoms with Gasteiger partial charge < -0.3 is 5.73 Å². The van der Waals surface area contributed by atoms with Crippen LogP contribution >= 0.6 is 15.9 Å². The van der Waals surface area contributed by atoms with Gasteiger partial charge in [0.1, 0.15) is 0 Å². The largest absolute Gasteiger partial charge is 0.399 e. The van der Waals surface area contributed by atoms with Gasteiger partial charge in [-0.1, -0.05) is 34.1 Å². The molecule has 0 bridgehead atoms. The summed E-state index contributed by atoms with van der Waals surface area (Å²) in [4.78, 5) is 12.0. The van der Waals surface area contributed by atoms with E-state index < -0.39 is 15.9 Å². The van der Waals surface area contributed by atoms with Crippen molar-refractivity contribution in [1.29, 1.82) is 0 Å². The number of halogens is 1. The molecule has 0 aliphatic heterocycles. The molecule has 104 valence electrons. The Morgan fingerprint density at radius 3 is 2.35 bits per heavy atom. The van der Waals surface area contributed by atoms with Crippen molar-refractivity contribution >= 4 is 37.5 Å². The second kappa shape index (κ2) is 5.64. The summed E-state index contributed by atoms with van der Waals surface area (Å²) >= 11 is 3.20. The van der Waals surface area contributed by atoms with Crippen molar-refractivity contribution < 1.29 is 13.2 Å². The standard InChI is InChI=1S/C13H11BrN2O3S/c14-10-6-9(7-11(15)8-10)13(17)16-20(18,19)12-4-2-1-3-5-12/h1-8H,15H2,(H,16,17). The van der Waals surface area contributed by atoms with Crippen molar-refractivity contribution in [3.8, 4) is 0 Å². The van der Waals surface area contributed by atoms with Gasteiger partial charge in [0.15, 0.2) is 0 Å². The number of sulfonamides is 1. The molecule has 7 heteroatoms. The molecule has 2 aromatic rings. The Bertz CT molecular complexity index is 725. The second-order valence-corrected chi connectivity index (χ2v) is 6.62. The van der Waals surface area contributed by atoms with E-state index in [4.69, 9.17) is 5.73 Å². The van der Waals surface area contributed by atoms with Crippen LogP contribution < -0.4 is 10.5 Å². The van der Waals surface area contributed by atoms with Crippen molar-refractivity contribution in [2.24, 2.45) is 0 Å². The highest BCUT2D eigenvalue weighted by Gasteiger charge is 2.18. The van der Waals surface area contributed by atoms with E-state index in [9.17, 15) is 13.2 Å². The molecular weight excluding hydrogens is 344 g/mol. The highest BCUT2D eigenvalue weighted by atomic mass is 79.9. The second-order valence-electron chi connectivity index (χ2n) is 4.02. The predicted molar refractivity (Wildman–Crippen MR) is 79.6 cm³/mol. The van der Waals surface area contributed by atoms with Crippen LogP contribution in [0, 0.1) is 0 Å². The summed E-state index contributed by atoms with van der Waals surface area (Å²) in [7, 11) is -3.89. The van der Waals surface area contributed by atoms with Crippen LogP contribution in [0.3, 0.4) is 0 Å². The number of amides is 1. The van der Waals surface area contributed by atoms with E-state index in [0.29, 0.717) is 10.2 Å². The number of nitrogen functional groups attached to an aromatic ring is 1. The van der Waals surface area contributed by atoms with Crippen molar-refractivity contribution in [2.45, 2.75) is 4.90 Å². The molecule has 0 saturated carbocycles. The van der Waals surface area contributed by atoms with Gasteiger partial charge in [0.25, 0.3) is 15.9 Å². The van der Waals surface area contributed by atoms with Crippen LogP contribution in [0.25, 0.3) is 0 Å². The van der Waals surface area contributed by atoms with Gasteiger partial charge in [0.2, 0.25) is 0 Å². The molecule has 5 nitrogen and oxygen atoms in total. The van der Waals surface area contributed by atoms with Gasteiger partial charge in [-0.25, -0.2) is 13.1 Å². The van der Waals surface area contributed by atoms with E-state index in [0.717, 1.165) is 0 Å². The summed E-state index contributed by atoms with van der Waals surface area (Å²) in [6.07, 6.45) is 0. The number of nitrogens with two attached hydrogens (primary N) is 1. The number of hydrogen-bond donors (Lipinski definition) is 2. The molecule has 1 amide bonds. The van der Waals surface area contributed by atoms with Crippen LogP contribution in [0.15, 0.2) is 57.9 Å². The van der Waals surface area contributed by atoms with Gasteiger partial charge in [-0.05, 0) is 30.3 Å². The molecule has 0 heterocycles. The number of rotatable bonds is 3. The Labute approximate surface area is 125 Å². The molecule has 20 heavy (non-hydrogen) atoms. The molecule has 0 unspecified atom stereocenters. The molecule has 0 spiro atoms. The third-order valence-corrected chi connectivity index (χ3v) is 4.27. The highest BCUT2D eigenvalue weighted by Crippen LogP contribution is 2.18. The monoisotopic (exact) mass is 354 g/mol. The summed E-state index contributed by atoms with van der Waals surface area (Å²) in [6.45, 7) is 0. The van der Waals surface area contributed by atoms with Gasteiger partial charge in [0.05, 0.1) is 4.90 Å². The van der Waals surface area contributed by atoms with E-state index in [1.54, 1.807) is 24.3 Å². The molecule has 3 N–H and O–H groups in total. The lowest BCUT2D eigenvalue weighted by Crippen LogP contribution is -2.30. The molecule has 0 fully saturated rings. The minimum Gasteiger partial charge on any atom is -0.399 e. The van der Waals surface area contributed by atoms with E-state index in [1.807, 2.05) is 4.72 Å². The Hall–Kier alpha value is -1.86. The number of carbonyl (C=O) groups is 1. The summed E-state index contributed by atoms with van der Waals surface area (Å²) in [5.74, 6) is -0.734. The third-order valence-electron chi connectivity index (χ3n) is 2.46. The fraction of sp³-hybridized carbons (Fsp3) is 0. The van der Waals surface area contributed by atoms with Crippen molar-refractivity contribution in [3.63, 3.8) is 0 Å². The van der Waals surface area contributed by atoms with Gasteiger partial charge >= 0.3 is 0 Å².